The topological polar surface area (TPSA) is 126 Å². The number of benzene rings is 2. The number of ether oxygens (including phenoxy) is 2. The highest BCUT2D eigenvalue weighted by atomic mass is 16.6. The van der Waals surface area contributed by atoms with Gasteiger partial charge in [0.05, 0.1) is 24.3 Å². The van der Waals surface area contributed by atoms with E-state index in [1.54, 1.807) is 6.07 Å². The first-order valence-corrected chi connectivity index (χ1v) is 7.87. The standard InChI is InChI=1S/C18H19N3O6/c1-11-4-5-15(6-12(11)2)27-10-17(22)20-19-9-13-7-14(21(24)25)8-16(26-3)18(13)23/h4-9,23H,10H2,1-3H3,(H,20,22)/p-1/b19-9-. The number of aryl methyl sites for hydroxylation is 2. The van der Waals surface area contributed by atoms with Gasteiger partial charge in [0, 0.05) is 6.07 Å². The molecule has 0 saturated carbocycles. The molecule has 0 aliphatic carbocycles. The Morgan fingerprint density at radius 2 is 2.00 bits per heavy atom. The molecule has 0 aromatic heterocycles. The van der Waals surface area contributed by atoms with Crippen LogP contribution in [0, 0.1) is 24.0 Å². The van der Waals surface area contributed by atoms with E-state index >= 15 is 0 Å². The molecule has 1 N–H and O–H groups in total. The number of non-ortho nitro benzene ring substituents is 1. The number of hydrogen-bond acceptors (Lipinski definition) is 7. The van der Waals surface area contributed by atoms with Gasteiger partial charge in [-0.15, -0.1) is 0 Å². The fraction of sp³-hybridized carbons (Fsp3) is 0.222. The number of nitrogens with one attached hydrogen (secondary N) is 1. The lowest BCUT2D eigenvalue weighted by Gasteiger charge is -2.14. The predicted octanol–water partition coefficient (Wildman–Crippen LogP) is 1.82. The molecule has 1 amide bonds. The van der Waals surface area contributed by atoms with Crippen LogP contribution < -0.4 is 20.0 Å². The molecule has 0 fully saturated rings. The van der Waals surface area contributed by atoms with Crippen LogP contribution in [0.2, 0.25) is 0 Å². The maximum Gasteiger partial charge on any atom is 0.277 e. The van der Waals surface area contributed by atoms with Gasteiger partial charge in [-0.1, -0.05) is 11.8 Å². The molecule has 0 unspecified atom stereocenters. The van der Waals surface area contributed by atoms with Gasteiger partial charge in [-0.05, 0) is 42.7 Å². The largest absolute Gasteiger partial charge is 0.870 e. The summed E-state index contributed by atoms with van der Waals surface area (Å²) in [5.74, 6) is -0.764. The van der Waals surface area contributed by atoms with Crippen molar-refractivity contribution in [3.05, 3.63) is 57.1 Å². The lowest BCUT2D eigenvalue weighted by molar-refractivity contribution is -0.385. The molecule has 0 heterocycles. The van der Waals surface area contributed by atoms with E-state index in [4.69, 9.17) is 9.47 Å². The first kappa shape index (κ1) is 19.7. The summed E-state index contributed by atoms with van der Waals surface area (Å²) < 4.78 is 10.2. The molecule has 0 bridgehead atoms. The number of hydrogen-bond donors (Lipinski definition) is 1. The van der Waals surface area contributed by atoms with E-state index in [2.05, 4.69) is 10.5 Å². The third-order valence-corrected chi connectivity index (χ3v) is 3.74. The molecule has 9 nitrogen and oxygen atoms in total. The molecule has 2 rings (SSSR count). The fourth-order valence-corrected chi connectivity index (χ4v) is 2.12. The molecule has 0 atom stereocenters. The number of nitrogens with zero attached hydrogens (tertiary/aromatic N) is 2. The SMILES string of the molecule is COc1cc([N+](=O)[O-])cc(/C=N\NC(=O)COc2ccc(C)c(C)c2)c1[O-]. The van der Waals surface area contributed by atoms with Crippen molar-refractivity contribution in [3.8, 4) is 17.2 Å². The highest BCUT2D eigenvalue weighted by molar-refractivity contribution is 5.87. The van der Waals surface area contributed by atoms with Crippen LogP contribution in [0.25, 0.3) is 0 Å². The minimum absolute atomic E-state index is 0.0866. The molecule has 2 aromatic carbocycles. The summed E-state index contributed by atoms with van der Waals surface area (Å²) in [6.07, 6.45) is 1.02. The highest BCUT2D eigenvalue weighted by Gasteiger charge is 2.11. The van der Waals surface area contributed by atoms with Crippen LogP contribution in [-0.4, -0.2) is 30.8 Å². The lowest BCUT2D eigenvalue weighted by Crippen LogP contribution is -2.24. The Balaban J connectivity index is 2.00. The Bertz CT molecular complexity index is 895. The van der Waals surface area contributed by atoms with E-state index in [1.165, 1.54) is 7.11 Å². The zero-order chi connectivity index (χ0) is 20.0. The van der Waals surface area contributed by atoms with Gasteiger partial charge in [-0.2, -0.15) is 5.10 Å². The molecule has 0 aliphatic rings. The van der Waals surface area contributed by atoms with Gasteiger partial charge in [0.25, 0.3) is 11.6 Å². The van der Waals surface area contributed by atoms with Gasteiger partial charge in [-0.25, -0.2) is 5.43 Å². The van der Waals surface area contributed by atoms with Crippen molar-refractivity contribution in [2.24, 2.45) is 5.10 Å². The molecule has 0 spiro atoms. The Hall–Kier alpha value is -3.62. The lowest BCUT2D eigenvalue weighted by atomic mass is 10.1. The van der Waals surface area contributed by atoms with Gasteiger partial charge in [-0.3, -0.25) is 14.9 Å². The summed E-state index contributed by atoms with van der Waals surface area (Å²) in [4.78, 5) is 22.0. The summed E-state index contributed by atoms with van der Waals surface area (Å²) in [7, 11) is 1.23. The van der Waals surface area contributed by atoms with E-state index in [9.17, 15) is 20.0 Å². The van der Waals surface area contributed by atoms with Crippen molar-refractivity contribution in [1.82, 2.24) is 5.43 Å². The van der Waals surface area contributed by atoms with E-state index in [1.807, 2.05) is 26.0 Å². The maximum absolute atomic E-state index is 12.0. The number of hydrazone groups is 1. The average molecular weight is 372 g/mol. The average Bonchev–Trinajstić information content (AvgIpc) is 2.63. The molecule has 142 valence electrons. The van der Waals surface area contributed by atoms with Crippen LogP contribution >= 0.6 is 0 Å². The number of amides is 1. The second-order valence-corrected chi connectivity index (χ2v) is 5.65. The van der Waals surface area contributed by atoms with Crippen LogP contribution in [0.15, 0.2) is 35.4 Å². The Morgan fingerprint density at radius 1 is 1.26 bits per heavy atom. The smallest absolute Gasteiger partial charge is 0.277 e. The monoisotopic (exact) mass is 372 g/mol. The normalized spacial score (nSPS) is 10.6. The fourth-order valence-electron chi connectivity index (χ4n) is 2.12. The van der Waals surface area contributed by atoms with Crippen LogP contribution in [0.4, 0.5) is 5.69 Å². The van der Waals surface area contributed by atoms with Crippen molar-refractivity contribution >= 4 is 17.8 Å². The molecular formula is C18H18N3O6-. The number of nitro benzene ring substituents is 1. The van der Waals surface area contributed by atoms with Crippen molar-refractivity contribution < 1.29 is 24.3 Å². The Morgan fingerprint density at radius 3 is 2.63 bits per heavy atom. The summed E-state index contributed by atoms with van der Waals surface area (Å²) in [5, 5.41) is 26.6. The number of nitro groups is 1. The van der Waals surface area contributed by atoms with Crippen molar-refractivity contribution in [2.45, 2.75) is 13.8 Å². The van der Waals surface area contributed by atoms with Gasteiger partial charge >= 0.3 is 0 Å². The van der Waals surface area contributed by atoms with Gasteiger partial charge in [0.2, 0.25) is 0 Å². The van der Waals surface area contributed by atoms with Gasteiger partial charge in [0.15, 0.2) is 6.61 Å². The Labute approximate surface area is 155 Å². The minimum atomic E-state index is -0.657. The summed E-state index contributed by atoms with van der Waals surface area (Å²) in [5.41, 5.74) is 3.93. The number of carbonyl (C=O) groups excluding carboxylic acids is 1. The second-order valence-electron chi connectivity index (χ2n) is 5.65. The summed E-state index contributed by atoms with van der Waals surface area (Å²) in [6, 6.07) is 7.51. The molecule has 27 heavy (non-hydrogen) atoms. The van der Waals surface area contributed by atoms with E-state index in [0.29, 0.717) is 5.75 Å². The van der Waals surface area contributed by atoms with E-state index in [-0.39, 0.29) is 23.6 Å². The molecule has 2 aromatic rings. The van der Waals surface area contributed by atoms with Crippen LogP contribution in [-0.2, 0) is 4.79 Å². The maximum atomic E-state index is 12.0. The minimum Gasteiger partial charge on any atom is -0.870 e. The molecule has 9 heteroatoms. The third-order valence-electron chi connectivity index (χ3n) is 3.74. The second kappa shape index (κ2) is 8.65. The van der Waals surface area contributed by atoms with Crippen LogP contribution in [0.5, 0.6) is 17.2 Å². The van der Waals surface area contributed by atoms with Crippen LogP contribution in [0.1, 0.15) is 16.7 Å². The number of methoxy groups -OCH3 is 1. The molecular weight excluding hydrogens is 354 g/mol. The number of rotatable bonds is 7. The predicted molar refractivity (Wildman–Crippen MR) is 96.2 cm³/mol. The first-order chi connectivity index (χ1) is 12.8. The number of carbonyl (C=O) groups is 1. The zero-order valence-electron chi connectivity index (χ0n) is 15.0. The van der Waals surface area contributed by atoms with Crippen molar-refractivity contribution in [2.75, 3.05) is 13.7 Å². The van der Waals surface area contributed by atoms with Gasteiger partial charge < -0.3 is 14.6 Å². The molecule has 0 aliphatic heterocycles. The molecule has 0 radical (unpaired) electrons. The third kappa shape index (κ3) is 5.18. The van der Waals surface area contributed by atoms with E-state index < -0.39 is 16.6 Å². The van der Waals surface area contributed by atoms with Gasteiger partial charge in [0.1, 0.15) is 11.5 Å². The molecule has 0 saturated heterocycles. The Kier molecular flexibility index (Phi) is 6.32. The zero-order valence-corrected chi connectivity index (χ0v) is 15.0. The summed E-state index contributed by atoms with van der Waals surface area (Å²) >= 11 is 0. The van der Waals surface area contributed by atoms with E-state index in [0.717, 1.165) is 29.5 Å². The highest BCUT2D eigenvalue weighted by Crippen LogP contribution is 2.31. The quantitative estimate of drug-likeness (QED) is 0.449. The van der Waals surface area contributed by atoms with Crippen molar-refractivity contribution in [1.29, 1.82) is 0 Å². The van der Waals surface area contributed by atoms with Crippen LogP contribution in [0.3, 0.4) is 0 Å². The summed E-state index contributed by atoms with van der Waals surface area (Å²) in [6.45, 7) is 3.62. The van der Waals surface area contributed by atoms with Crippen molar-refractivity contribution in [3.63, 3.8) is 0 Å². The first-order valence-electron chi connectivity index (χ1n) is 7.87.